The van der Waals surface area contributed by atoms with E-state index >= 15 is 0 Å². The van der Waals surface area contributed by atoms with Gasteiger partial charge in [-0.1, -0.05) is 11.8 Å². The highest BCUT2D eigenvalue weighted by atomic mass is 32.2. The standard InChI is InChI=1S/C11H15F3N2O2S/c12-11(13,14)8-2-1-3-15(6-8)9(17)7-16-4-5-19-10(16)18/h8H,1-7H2/t8-/m0/s1. The van der Waals surface area contributed by atoms with Gasteiger partial charge in [-0.2, -0.15) is 13.2 Å². The Labute approximate surface area is 113 Å². The van der Waals surface area contributed by atoms with E-state index in [-0.39, 0.29) is 30.7 Å². The smallest absolute Gasteiger partial charge is 0.341 e. The van der Waals surface area contributed by atoms with E-state index in [0.29, 0.717) is 25.3 Å². The monoisotopic (exact) mass is 296 g/mol. The van der Waals surface area contributed by atoms with Crippen molar-refractivity contribution in [2.24, 2.45) is 5.92 Å². The maximum Gasteiger partial charge on any atom is 0.393 e. The lowest BCUT2D eigenvalue weighted by atomic mass is 9.97. The Morgan fingerprint density at radius 2 is 2.11 bits per heavy atom. The van der Waals surface area contributed by atoms with Crippen molar-refractivity contribution in [3.63, 3.8) is 0 Å². The Hall–Kier alpha value is -0.920. The maximum absolute atomic E-state index is 12.6. The summed E-state index contributed by atoms with van der Waals surface area (Å²) in [7, 11) is 0. The highest BCUT2D eigenvalue weighted by Crippen LogP contribution is 2.33. The summed E-state index contributed by atoms with van der Waals surface area (Å²) in [6.07, 6.45) is -3.82. The van der Waals surface area contributed by atoms with Gasteiger partial charge in [-0.05, 0) is 12.8 Å². The fourth-order valence-corrected chi connectivity index (χ4v) is 3.13. The van der Waals surface area contributed by atoms with E-state index in [1.54, 1.807) is 0 Å². The minimum atomic E-state index is -4.25. The van der Waals surface area contributed by atoms with Gasteiger partial charge in [-0.3, -0.25) is 9.59 Å². The molecule has 0 aromatic heterocycles. The summed E-state index contributed by atoms with van der Waals surface area (Å²) >= 11 is 1.14. The minimum absolute atomic E-state index is 0.0752. The number of thioether (sulfide) groups is 1. The molecular weight excluding hydrogens is 281 g/mol. The Morgan fingerprint density at radius 3 is 2.68 bits per heavy atom. The lowest BCUT2D eigenvalue weighted by Gasteiger charge is -2.34. The summed E-state index contributed by atoms with van der Waals surface area (Å²) in [5.74, 6) is -1.18. The lowest BCUT2D eigenvalue weighted by molar-refractivity contribution is -0.188. The van der Waals surface area contributed by atoms with Crippen LogP contribution in [-0.4, -0.2) is 59.1 Å². The molecule has 2 fully saturated rings. The van der Waals surface area contributed by atoms with Crippen molar-refractivity contribution < 1.29 is 22.8 Å². The number of nitrogens with zero attached hydrogens (tertiary/aromatic N) is 2. The second-order valence-electron chi connectivity index (χ2n) is 4.76. The molecule has 0 unspecified atom stereocenters. The molecule has 0 bridgehead atoms. The van der Waals surface area contributed by atoms with Crippen LogP contribution in [0, 0.1) is 5.92 Å². The molecule has 2 aliphatic heterocycles. The molecule has 2 amide bonds. The topological polar surface area (TPSA) is 40.6 Å². The Balaban J connectivity index is 1.90. The number of rotatable bonds is 2. The van der Waals surface area contributed by atoms with Crippen LogP contribution in [-0.2, 0) is 4.79 Å². The number of likely N-dealkylation sites (tertiary alicyclic amines) is 1. The molecule has 0 spiro atoms. The van der Waals surface area contributed by atoms with E-state index in [9.17, 15) is 22.8 Å². The van der Waals surface area contributed by atoms with Gasteiger partial charge in [0.15, 0.2) is 0 Å². The molecule has 0 radical (unpaired) electrons. The van der Waals surface area contributed by atoms with Crippen LogP contribution in [0.5, 0.6) is 0 Å². The molecule has 0 aromatic rings. The summed E-state index contributed by atoms with van der Waals surface area (Å²) < 4.78 is 37.9. The molecule has 8 heteroatoms. The summed E-state index contributed by atoms with van der Waals surface area (Å²) in [6, 6.07) is 0. The molecule has 108 valence electrons. The largest absolute Gasteiger partial charge is 0.393 e. The number of hydrogen-bond acceptors (Lipinski definition) is 3. The van der Waals surface area contributed by atoms with Crippen LogP contribution >= 0.6 is 11.8 Å². The van der Waals surface area contributed by atoms with Crippen molar-refractivity contribution in [1.82, 2.24) is 9.80 Å². The van der Waals surface area contributed by atoms with Crippen LogP contribution in [0.1, 0.15) is 12.8 Å². The molecule has 2 heterocycles. The third kappa shape index (κ3) is 3.55. The van der Waals surface area contributed by atoms with Gasteiger partial charge >= 0.3 is 6.18 Å². The number of alkyl halides is 3. The van der Waals surface area contributed by atoms with Gasteiger partial charge in [0, 0.05) is 25.4 Å². The zero-order chi connectivity index (χ0) is 14.0. The minimum Gasteiger partial charge on any atom is -0.341 e. The Bertz CT molecular complexity index is 375. The van der Waals surface area contributed by atoms with Crippen molar-refractivity contribution in [3.05, 3.63) is 0 Å². The quantitative estimate of drug-likeness (QED) is 0.782. The van der Waals surface area contributed by atoms with Crippen LogP contribution < -0.4 is 0 Å². The SMILES string of the molecule is O=C(CN1CCSC1=O)N1CCC[C@H](C(F)(F)F)C1. The van der Waals surface area contributed by atoms with Gasteiger partial charge in [0.2, 0.25) is 5.91 Å². The molecule has 0 N–H and O–H groups in total. The molecule has 0 aromatic carbocycles. The van der Waals surface area contributed by atoms with Gasteiger partial charge < -0.3 is 9.80 Å². The summed E-state index contributed by atoms with van der Waals surface area (Å²) in [5, 5.41) is -0.169. The van der Waals surface area contributed by atoms with Gasteiger partial charge in [-0.15, -0.1) is 0 Å². The van der Waals surface area contributed by atoms with E-state index in [1.165, 1.54) is 9.80 Å². The average molecular weight is 296 g/mol. The van der Waals surface area contributed by atoms with Crippen LogP contribution in [0.15, 0.2) is 0 Å². The fourth-order valence-electron chi connectivity index (χ4n) is 2.30. The Morgan fingerprint density at radius 1 is 1.37 bits per heavy atom. The molecule has 0 saturated carbocycles. The third-order valence-corrected chi connectivity index (χ3v) is 4.30. The molecular formula is C11H15F3N2O2S. The van der Waals surface area contributed by atoms with Gasteiger partial charge in [-0.25, -0.2) is 0 Å². The van der Waals surface area contributed by atoms with Gasteiger partial charge in [0.05, 0.1) is 5.92 Å². The third-order valence-electron chi connectivity index (χ3n) is 3.41. The number of hydrogen-bond donors (Lipinski definition) is 0. The molecule has 19 heavy (non-hydrogen) atoms. The normalized spacial score (nSPS) is 25.0. The molecule has 2 saturated heterocycles. The first kappa shape index (κ1) is 14.5. The zero-order valence-corrected chi connectivity index (χ0v) is 11.1. The zero-order valence-electron chi connectivity index (χ0n) is 10.3. The predicted octanol–water partition coefficient (Wildman–Crippen LogP) is 1.96. The highest BCUT2D eigenvalue weighted by Gasteiger charge is 2.42. The number of carbonyl (C=O) groups excluding carboxylic acids is 2. The van der Waals surface area contributed by atoms with Gasteiger partial charge in [0.25, 0.3) is 5.24 Å². The fraction of sp³-hybridized carbons (Fsp3) is 0.818. The first-order valence-corrected chi connectivity index (χ1v) is 7.12. The average Bonchev–Trinajstić information content (AvgIpc) is 2.74. The lowest BCUT2D eigenvalue weighted by Crippen LogP contribution is -2.48. The van der Waals surface area contributed by atoms with Crippen molar-refractivity contribution in [2.75, 3.05) is 31.9 Å². The number of piperidine rings is 1. The molecule has 4 nitrogen and oxygen atoms in total. The van der Waals surface area contributed by atoms with E-state index < -0.39 is 12.1 Å². The van der Waals surface area contributed by atoms with Crippen molar-refractivity contribution in [2.45, 2.75) is 19.0 Å². The van der Waals surface area contributed by atoms with Crippen LogP contribution in [0.2, 0.25) is 0 Å². The highest BCUT2D eigenvalue weighted by molar-refractivity contribution is 8.13. The second kappa shape index (κ2) is 5.60. The van der Waals surface area contributed by atoms with E-state index in [1.807, 2.05) is 0 Å². The first-order chi connectivity index (χ1) is 8.88. The summed E-state index contributed by atoms with van der Waals surface area (Å²) in [4.78, 5) is 25.9. The molecule has 2 rings (SSSR count). The van der Waals surface area contributed by atoms with Crippen molar-refractivity contribution >= 4 is 22.9 Å². The maximum atomic E-state index is 12.6. The number of amides is 2. The van der Waals surface area contributed by atoms with E-state index in [0.717, 1.165) is 11.8 Å². The molecule has 2 aliphatic rings. The van der Waals surface area contributed by atoms with E-state index in [2.05, 4.69) is 0 Å². The van der Waals surface area contributed by atoms with Crippen LogP contribution in [0.25, 0.3) is 0 Å². The van der Waals surface area contributed by atoms with Crippen LogP contribution in [0.4, 0.5) is 18.0 Å². The molecule has 1 atom stereocenters. The predicted molar refractivity (Wildman–Crippen MR) is 64.8 cm³/mol. The summed E-state index contributed by atoms with van der Waals surface area (Å²) in [6.45, 7) is 0.459. The van der Waals surface area contributed by atoms with Crippen LogP contribution in [0.3, 0.4) is 0 Å². The number of halogens is 3. The van der Waals surface area contributed by atoms with Crippen molar-refractivity contribution in [1.29, 1.82) is 0 Å². The number of carbonyl (C=O) groups is 2. The molecule has 0 aliphatic carbocycles. The second-order valence-corrected chi connectivity index (χ2v) is 5.80. The Kier molecular flexibility index (Phi) is 4.27. The van der Waals surface area contributed by atoms with Crippen molar-refractivity contribution in [3.8, 4) is 0 Å². The summed E-state index contributed by atoms with van der Waals surface area (Å²) in [5.41, 5.74) is 0. The first-order valence-electron chi connectivity index (χ1n) is 6.14. The van der Waals surface area contributed by atoms with E-state index in [4.69, 9.17) is 0 Å². The van der Waals surface area contributed by atoms with Gasteiger partial charge in [0.1, 0.15) is 6.54 Å².